The number of carbonyl (C=O) groups is 1. The smallest absolute Gasteiger partial charge is 0.346 e. The Balaban J connectivity index is 1.01. The van der Waals surface area contributed by atoms with Gasteiger partial charge in [0.25, 0.3) is 0 Å². The lowest BCUT2D eigenvalue weighted by molar-refractivity contribution is -0.133. The summed E-state index contributed by atoms with van der Waals surface area (Å²) < 4.78 is 3.50. The van der Waals surface area contributed by atoms with Crippen molar-refractivity contribution in [1.82, 2.24) is 24.2 Å². The maximum atomic E-state index is 13.0. The van der Waals surface area contributed by atoms with Crippen LogP contribution in [-0.4, -0.2) is 43.2 Å². The summed E-state index contributed by atoms with van der Waals surface area (Å²) in [7, 11) is 0. The van der Waals surface area contributed by atoms with E-state index < -0.39 is 0 Å². The van der Waals surface area contributed by atoms with Crippen LogP contribution in [0.1, 0.15) is 55.5 Å². The number of carbonyl (C=O) groups excluding carboxylic acids is 1. The van der Waals surface area contributed by atoms with Crippen molar-refractivity contribution in [2.24, 2.45) is 5.41 Å². The maximum Gasteiger partial charge on any atom is 0.346 e. The van der Waals surface area contributed by atoms with Crippen molar-refractivity contribution in [3.8, 4) is 0 Å². The number of hydrogen-bond acceptors (Lipinski definition) is 3. The molecule has 4 heterocycles. The second-order valence-electron chi connectivity index (χ2n) is 10.8. The van der Waals surface area contributed by atoms with E-state index in [2.05, 4.69) is 34.3 Å². The SMILES string of the molecule is O=C(CCCc1c[nH]c2ccccc12)N1CCC2(CCc3nn(Cc4ccccc4)c(=O)n3CC2)CC1. The highest BCUT2D eigenvalue weighted by molar-refractivity contribution is 5.83. The summed E-state index contributed by atoms with van der Waals surface area (Å²) in [4.78, 5) is 31.4. The van der Waals surface area contributed by atoms with Gasteiger partial charge in [-0.1, -0.05) is 48.5 Å². The lowest BCUT2D eigenvalue weighted by atomic mass is 9.72. The minimum Gasteiger partial charge on any atom is -0.361 e. The highest BCUT2D eigenvalue weighted by Gasteiger charge is 2.37. The van der Waals surface area contributed by atoms with Crippen LogP contribution in [0.2, 0.25) is 0 Å². The minimum absolute atomic E-state index is 0.00119. The molecule has 2 aliphatic rings. The summed E-state index contributed by atoms with van der Waals surface area (Å²) in [5.74, 6) is 1.19. The molecule has 2 aliphatic heterocycles. The molecule has 0 unspecified atom stereocenters. The fourth-order valence-corrected chi connectivity index (χ4v) is 6.26. The van der Waals surface area contributed by atoms with Crippen molar-refractivity contribution in [1.29, 1.82) is 0 Å². The molecule has 1 amide bonds. The molecule has 4 aromatic rings. The van der Waals surface area contributed by atoms with Crippen LogP contribution in [0.5, 0.6) is 0 Å². The Kier molecular flexibility index (Phi) is 6.45. The number of nitrogens with zero attached hydrogens (tertiary/aromatic N) is 4. The molecule has 0 bridgehead atoms. The molecule has 192 valence electrons. The third-order valence-corrected chi connectivity index (χ3v) is 8.61. The van der Waals surface area contributed by atoms with Crippen molar-refractivity contribution in [2.45, 2.75) is 64.5 Å². The third kappa shape index (κ3) is 4.87. The Labute approximate surface area is 217 Å². The van der Waals surface area contributed by atoms with E-state index >= 15 is 0 Å². The van der Waals surface area contributed by atoms with Gasteiger partial charge < -0.3 is 9.88 Å². The van der Waals surface area contributed by atoms with Crippen LogP contribution in [0.15, 0.2) is 65.6 Å². The Hall–Kier alpha value is -3.61. The molecular formula is C30H35N5O2. The van der Waals surface area contributed by atoms with E-state index in [1.165, 1.54) is 10.9 Å². The standard InChI is InChI=1S/C30H35N5O2/c36-28(12-6-9-24-21-31-26-11-5-4-10-25(24)26)33-18-15-30(16-19-33)14-13-27-32-35(29(37)34(27)20-17-30)22-23-7-2-1-3-8-23/h1-5,7-8,10-11,21,31H,6,9,12-20,22H2. The van der Waals surface area contributed by atoms with E-state index in [1.54, 1.807) is 4.68 Å². The fraction of sp³-hybridized carbons (Fsp3) is 0.433. The number of para-hydroxylation sites is 1. The van der Waals surface area contributed by atoms with Crippen LogP contribution in [-0.2, 0) is 30.7 Å². The second-order valence-corrected chi connectivity index (χ2v) is 10.8. The van der Waals surface area contributed by atoms with Crippen LogP contribution in [0.25, 0.3) is 10.9 Å². The zero-order chi connectivity index (χ0) is 25.2. The number of benzene rings is 2. The number of aromatic nitrogens is 4. The van der Waals surface area contributed by atoms with Crippen LogP contribution in [0.3, 0.4) is 0 Å². The van der Waals surface area contributed by atoms with Crippen molar-refractivity contribution in [3.05, 3.63) is 88.2 Å². The molecule has 1 N–H and O–H groups in total. The molecule has 7 heteroatoms. The molecular weight excluding hydrogens is 462 g/mol. The number of likely N-dealkylation sites (tertiary alicyclic amines) is 1. The van der Waals surface area contributed by atoms with Crippen LogP contribution >= 0.6 is 0 Å². The second kappa shape index (κ2) is 10.0. The monoisotopic (exact) mass is 497 g/mol. The van der Waals surface area contributed by atoms with Gasteiger partial charge in [-0.2, -0.15) is 5.10 Å². The number of fused-ring (bicyclic) bond motifs is 2. The topological polar surface area (TPSA) is 75.9 Å². The van der Waals surface area contributed by atoms with Crippen LogP contribution < -0.4 is 5.69 Å². The summed E-state index contributed by atoms with van der Waals surface area (Å²) in [5, 5.41) is 5.96. The molecule has 0 saturated carbocycles. The van der Waals surface area contributed by atoms with Gasteiger partial charge in [-0.3, -0.25) is 9.36 Å². The van der Waals surface area contributed by atoms with Crippen LogP contribution in [0.4, 0.5) is 0 Å². The van der Waals surface area contributed by atoms with Crippen molar-refractivity contribution < 1.29 is 4.79 Å². The first-order valence-electron chi connectivity index (χ1n) is 13.6. The average molecular weight is 498 g/mol. The lowest BCUT2D eigenvalue weighted by Gasteiger charge is -2.41. The third-order valence-electron chi connectivity index (χ3n) is 8.61. The van der Waals surface area contributed by atoms with E-state index in [0.717, 1.165) is 81.5 Å². The van der Waals surface area contributed by atoms with Gasteiger partial charge in [-0.15, -0.1) is 0 Å². The molecule has 2 aromatic heterocycles. The quantitative estimate of drug-likeness (QED) is 0.425. The van der Waals surface area contributed by atoms with Gasteiger partial charge in [0.1, 0.15) is 5.82 Å². The summed E-state index contributed by atoms with van der Waals surface area (Å²) in [6, 6.07) is 18.4. The number of rotatable bonds is 6. The number of aromatic amines is 1. The molecule has 1 saturated heterocycles. The molecule has 0 aliphatic carbocycles. The number of piperidine rings is 1. The van der Waals surface area contributed by atoms with Crippen molar-refractivity contribution in [2.75, 3.05) is 13.1 Å². The van der Waals surface area contributed by atoms with Crippen molar-refractivity contribution >= 4 is 16.8 Å². The van der Waals surface area contributed by atoms with Crippen molar-refractivity contribution in [3.63, 3.8) is 0 Å². The molecule has 1 fully saturated rings. The normalized spacial score (nSPS) is 17.1. The Morgan fingerprint density at radius 1 is 0.946 bits per heavy atom. The van der Waals surface area contributed by atoms with Gasteiger partial charge in [0.05, 0.1) is 6.54 Å². The summed E-state index contributed by atoms with van der Waals surface area (Å²) >= 11 is 0. The van der Waals surface area contributed by atoms with Gasteiger partial charge in [-0.05, 0) is 61.1 Å². The lowest BCUT2D eigenvalue weighted by Crippen LogP contribution is -2.43. The van der Waals surface area contributed by atoms with E-state index in [1.807, 2.05) is 41.0 Å². The highest BCUT2D eigenvalue weighted by atomic mass is 16.2. The molecule has 2 aromatic carbocycles. The summed E-state index contributed by atoms with van der Waals surface area (Å²) in [6.45, 7) is 2.89. The summed E-state index contributed by atoms with van der Waals surface area (Å²) in [6.07, 6.45) is 9.36. The largest absolute Gasteiger partial charge is 0.361 e. The highest BCUT2D eigenvalue weighted by Crippen LogP contribution is 2.41. The molecule has 0 radical (unpaired) electrons. The van der Waals surface area contributed by atoms with Gasteiger partial charge in [0.2, 0.25) is 5.91 Å². The zero-order valence-corrected chi connectivity index (χ0v) is 21.4. The van der Waals surface area contributed by atoms with Gasteiger partial charge in [0, 0.05) is 49.6 Å². The minimum atomic E-state index is -0.00119. The Morgan fingerprint density at radius 2 is 1.70 bits per heavy atom. The first kappa shape index (κ1) is 23.8. The number of hydrogen-bond donors (Lipinski definition) is 1. The zero-order valence-electron chi connectivity index (χ0n) is 21.4. The summed E-state index contributed by atoms with van der Waals surface area (Å²) in [5.41, 5.74) is 3.75. The number of nitrogens with one attached hydrogen (secondary N) is 1. The molecule has 6 rings (SSSR count). The Morgan fingerprint density at radius 3 is 2.54 bits per heavy atom. The average Bonchev–Trinajstić information content (AvgIpc) is 3.42. The Bertz CT molecular complexity index is 1440. The molecule has 7 nitrogen and oxygen atoms in total. The number of aryl methyl sites for hydroxylation is 2. The predicted molar refractivity (Wildman–Crippen MR) is 144 cm³/mol. The van der Waals surface area contributed by atoms with Gasteiger partial charge >= 0.3 is 5.69 Å². The van der Waals surface area contributed by atoms with E-state index in [0.29, 0.717) is 13.0 Å². The number of amides is 1. The van der Waals surface area contributed by atoms with Gasteiger partial charge in [-0.25, -0.2) is 9.48 Å². The first-order valence-corrected chi connectivity index (χ1v) is 13.6. The number of H-pyrrole nitrogens is 1. The fourth-order valence-electron chi connectivity index (χ4n) is 6.26. The van der Waals surface area contributed by atoms with E-state index in [9.17, 15) is 9.59 Å². The molecule has 1 spiro atoms. The molecule has 0 atom stereocenters. The van der Waals surface area contributed by atoms with E-state index in [-0.39, 0.29) is 17.0 Å². The van der Waals surface area contributed by atoms with Crippen LogP contribution in [0, 0.1) is 5.41 Å². The predicted octanol–water partition coefficient (Wildman–Crippen LogP) is 4.54. The molecule has 37 heavy (non-hydrogen) atoms. The van der Waals surface area contributed by atoms with Gasteiger partial charge in [0.15, 0.2) is 0 Å². The van der Waals surface area contributed by atoms with E-state index in [4.69, 9.17) is 5.10 Å². The first-order chi connectivity index (χ1) is 18.1. The maximum absolute atomic E-state index is 13.0.